The zero-order chi connectivity index (χ0) is 26.0. The lowest BCUT2D eigenvalue weighted by molar-refractivity contribution is -0.154. The van der Waals surface area contributed by atoms with E-state index in [0.717, 1.165) is 56.1 Å². The van der Waals surface area contributed by atoms with Gasteiger partial charge in [0.1, 0.15) is 0 Å². The predicted molar refractivity (Wildman–Crippen MR) is 140 cm³/mol. The largest absolute Gasteiger partial charge is 0.504 e. The van der Waals surface area contributed by atoms with Crippen molar-refractivity contribution in [3.63, 3.8) is 0 Å². The van der Waals surface area contributed by atoms with Crippen molar-refractivity contribution in [1.82, 2.24) is 0 Å². The molecule has 2 saturated carbocycles. The highest BCUT2D eigenvalue weighted by Crippen LogP contribution is 2.71. The third-order valence-corrected chi connectivity index (χ3v) is 10.5. The lowest BCUT2D eigenvalue weighted by atomic mass is 9.39. The maximum Gasteiger partial charge on any atom is 0.311 e. The van der Waals surface area contributed by atoms with Gasteiger partial charge in [0.2, 0.25) is 5.78 Å². The topological polar surface area (TPSA) is 63.6 Å². The van der Waals surface area contributed by atoms with Gasteiger partial charge in [-0.25, -0.2) is 0 Å². The Balaban J connectivity index is 1.63. The highest BCUT2D eigenvalue weighted by molar-refractivity contribution is 6.06. The summed E-state index contributed by atoms with van der Waals surface area (Å²) in [5, 5.41) is 10.3. The molecule has 192 valence electrons. The summed E-state index contributed by atoms with van der Waals surface area (Å²) in [4.78, 5) is 25.0. The molecule has 35 heavy (non-hydrogen) atoms. The van der Waals surface area contributed by atoms with Crippen LogP contribution in [0.4, 0.5) is 0 Å². The second-order valence-corrected chi connectivity index (χ2v) is 13.4. The van der Waals surface area contributed by atoms with Gasteiger partial charge in [-0.05, 0) is 106 Å². The van der Waals surface area contributed by atoms with Crippen LogP contribution in [0.2, 0.25) is 0 Å². The summed E-state index contributed by atoms with van der Waals surface area (Å²) in [6, 6.07) is 0. The Kier molecular flexibility index (Phi) is 6.10. The molecule has 4 nitrogen and oxygen atoms in total. The van der Waals surface area contributed by atoms with E-state index in [1.165, 1.54) is 5.57 Å². The number of allylic oxidation sites excluding steroid dienone is 7. The van der Waals surface area contributed by atoms with Crippen molar-refractivity contribution in [2.45, 2.75) is 100 Å². The fraction of sp³-hybridized carbons (Fsp3) is 0.677. The quantitative estimate of drug-likeness (QED) is 0.412. The number of ketones is 1. The number of carbonyl (C=O) groups excluding carboxylic acids is 2. The van der Waals surface area contributed by atoms with Crippen LogP contribution in [0.25, 0.3) is 0 Å². The normalized spacial score (nSPS) is 36.9. The number of rotatable bonds is 5. The highest BCUT2D eigenvalue weighted by atomic mass is 16.5. The summed E-state index contributed by atoms with van der Waals surface area (Å²) in [5.74, 6) is -0.480. The number of esters is 1. The molecule has 0 aliphatic heterocycles. The Labute approximate surface area is 211 Å². The van der Waals surface area contributed by atoms with Crippen LogP contribution < -0.4 is 0 Å². The van der Waals surface area contributed by atoms with Gasteiger partial charge in [-0.2, -0.15) is 0 Å². The van der Waals surface area contributed by atoms with E-state index in [0.29, 0.717) is 12.2 Å². The molecule has 0 saturated heterocycles. The van der Waals surface area contributed by atoms with E-state index in [1.807, 2.05) is 27.7 Å². The molecule has 0 spiro atoms. The first-order valence-electron chi connectivity index (χ1n) is 13.4. The fourth-order valence-corrected chi connectivity index (χ4v) is 7.71. The van der Waals surface area contributed by atoms with Gasteiger partial charge in [-0.1, -0.05) is 45.4 Å². The smallest absolute Gasteiger partial charge is 0.311 e. The van der Waals surface area contributed by atoms with Gasteiger partial charge in [0.05, 0.1) is 12.0 Å². The third kappa shape index (κ3) is 3.86. The number of hydrogen-bond donors (Lipinski definition) is 1. The van der Waals surface area contributed by atoms with Crippen LogP contribution in [0.3, 0.4) is 0 Å². The Morgan fingerprint density at radius 1 is 1.09 bits per heavy atom. The van der Waals surface area contributed by atoms with E-state index in [2.05, 4.69) is 39.8 Å². The van der Waals surface area contributed by atoms with Crippen molar-refractivity contribution < 1.29 is 19.4 Å². The van der Waals surface area contributed by atoms with Gasteiger partial charge in [0, 0.05) is 11.0 Å². The molecular formula is C31H44O4. The van der Waals surface area contributed by atoms with Gasteiger partial charge in [-0.3, -0.25) is 9.59 Å². The monoisotopic (exact) mass is 480 g/mol. The molecule has 2 fully saturated rings. The average Bonchev–Trinajstić information content (AvgIpc) is 2.78. The summed E-state index contributed by atoms with van der Waals surface area (Å²) in [5.41, 5.74) is 3.98. The van der Waals surface area contributed by atoms with E-state index in [1.54, 1.807) is 6.08 Å². The average molecular weight is 481 g/mol. The third-order valence-electron chi connectivity index (χ3n) is 10.5. The van der Waals surface area contributed by atoms with Crippen molar-refractivity contribution in [2.75, 3.05) is 6.61 Å². The lowest BCUT2D eigenvalue weighted by Crippen LogP contribution is -2.55. The minimum absolute atomic E-state index is 0.0409. The molecule has 4 atom stereocenters. The van der Waals surface area contributed by atoms with Gasteiger partial charge in [-0.15, -0.1) is 0 Å². The molecule has 0 unspecified atom stereocenters. The first-order valence-corrected chi connectivity index (χ1v) is 13.4. The molecule has 0 aromatic heterocycles. The minimum Gasteiger partial charge on any atom is -0.504 e. The van der Waals surface area contributed by atoms with E-state index in [-0.39, 0.29) is 39.2 Å². The van der Waals surface area contributed by atoms with Crippen molar-refractivity contribution in [1.29, 1.82) is 0 Å². The predicted octanol–water partition coefficient (Wildman–Crippen LogP) is 7.57. The molecular weight excluding hydrogens is 436 g/mol. The number of ether oxygens (including phenoxy) is 1. The molecule has 4 rings (SSSR count). The molecule has 0 aromatic rings. The highest BCUT2D eigenvalue weighted by Gasteiger charge is 2.61. The van der Waals surface area contributed by atoms with Gasteiger partial charge >= 0.3 is 5.97 Å². The first-order chi connectivity index (χ1) is 16.1. The summed E-state index contributed by atoms with van der Waals surface area (Å²) in [7, 11) is 0. The number of aliphatic hydroxyl groups is 1. The second kappa shape index (κ2) is 8.21. The SMILES string of the molecule is CCOC(=O)C(C)(C)CC[C@]1(C)CC[C@]2(C)C3=CC=C4C(=CC(=O)C(O)=C4C)[C@]3(C)CC[C@@]2(C)C1. The van der Waals surface area contributed by atoms with Crippen LogP contribution in [0.15, 0.2) is 46.3 Å². The molecule has 4 aliphatic rings. The molecule has 1 N–H and O–H groups in total. The minimum atomic E-state index is -0.462. The summed E-state index contributed by atoms with van der Waals surface area (Å²) in [6.07, 6.45) is 13.5. The number of hydrogen-bond acceptors (Lipinski definition) is 4. The number of aliphatic hydroxyl groups excluding tert-OH is 1. The maximum atomic E-state index is 12.6. The first kappa shape index (κ1) is 26.0. The summed E-state index contributed by atoms with van der Waals surface area (Å²) < 4.78 is 5.34. The fourth-order valence-electron chi connectivity index (χ4n) is 7.71. The van der Waals surface area contributed by atoms with Gasteiger partial charge in [0.25, 0.3) is 0 Å². The molecule has 4 aliphatic carbocycles. The second-order valence-electron chi connectivity index (χ2n) is 13.4. The van der Waals surface area contributed by atoms with E-state index >= 15 is 0 Å². The zero-order valence-corrected chi connectivity index (χ0v) is 23.1. The Hall–Kier alpha value is -2.10. The van der Waals surface area contributed by atoms with Gasteiger partial charge in [0.15, 0.2) is 5.76 Å². The van der Waals surface area contributed by atoms with Crippen LogP contribution >= 0.6 is 0 Å². The van der Waals surface area contributed by atoms with Crippen molar-refractivity contribution in [3.8, 4) is 0 Å². The van der Waals surface area contributed by atoms with Crippen molar-refractivity contribution in [2.24, 2.45) is 27.1 Å². The summed E-state index contributed by atoms with van der Waals surface area (Å²) >= 11 is 0. The van der Waals surface area contributed by atoms with E-state index < -0.39 is 5.41 Å². The van der Waals surface area contributed by atoms with E-state index in [9.17, 15) is 14.7 Å². The Morgan fingerprint density at radius 3 is 2.43 bits per heavy atom. The lowest BCUT2D eigenvalue weighted by Gasteiger charge is -2.64. The molecule has 0 amide bonds. The maximum absolute atomic E-state index is 12.6. The molecule has 0 heterocycles. The van der Waals surface area contributed by atoms with Crippen LogP contribution in [0.5, 0.6) is 0 Å². The number of fused-ring (bicyclic) bond motifs is 5. The van der Waals surface area contributed by atoms with Crippen LogP contribution in [0, 0.1) is 27.1 Å². The molecule has 0 bridgehead atoms. The van der Waals surface area contributed by atoms with Gasteiger partial charge < -0.3 is 9.84 Å². The Bertz CT molecular complexity index is 1090. The zero-order valence-electron chi connectivity index (χ0n) is 23.1. The Morgan fingerprint density at radius 2 is 1.77 bits per heavy atom. The summed E-state index contributed by atoms with van der Waals surface area (Å²) in [6.45, 7) is 17.8. The number of carbonyl (C=O) groups is 2. The van der Waals surface area contributed by atoms with Crippen LogP contribution in [-0.4, -0.2) is 23.5 Å². The standard InChI is InChI=1S/C31H44O4/c1-9-35-26(34)27(3,4)12-13-28(5)14-17-31(8)24-11-10-21-20(2)25(33)23(32)18-22(21)30(24,7)16-15-29(31,6)19-28/h10-11,18,33H,9,12-17,19H2,1-8H3/t28-,29+,30+,31-/m1/s1. The van der Waals surface area contributed by atoms with Crippen LogP contribution in [0.1, 0.15) is 100 Å². The van der Waals surface area contributed by atoms with E-state index in [4.69, 9.17) is 4.74 Å². The molecule has 4 heteroatoms. The van der Waals surface area contributed by atoms with Crippen molar-refractivity contribution in [3.05, 3.63) is 46.3 Å². The molecule has 0 radical (unpaired) electrons. The van der Waals surface area contributed by atoms with Crippen LogP contribution in [-0.2, 0) is 14.3 Å². The molecule has 0 aromatic carbocycles. The van der Waals surface area contributed by atoms with Crippen molar-refractivity contribution >= 4 is 11.8 Å².